The molecule has 3 aromatic rings. The summed E-state index contributed by atoms with van der Waals surface area (Å²) in [5, 5.41) is 5.48. The molecule has 9 heteroatoms. The van der Waals surface area contributed by atoms with Gasteiger partial charge in [-0.05, 0) is 54.4 Å². The van der Waals surface area contributed by atoms with Gasteiger partial charge in [-0.25, -0.2) is 8.42 Å². The maximum Gasteiger partial charge on any atom is 0.253 e. The molecular weight excluding hydrogens is 466 g/mol. The fraction of sp³-hybridized carbons (Fsp3) is 0.231. The average Bonchev–Trinajstić information content (AvgIpc) is 2.82. The minimum Gasteiger partial charge on any atom is -0.457 e. The van der Waals surface area contributed by atoms with Gasteiger partial charge in [0.25, 0.3) is 5.91 Å². The van der Waals surface area contributed by atoms with E-state index >= 15 is 0 Å². The van der Waals surface area contributed by atoms with Gasteiger partial charge in [-0.1, -0.05) is 44.2 Å². The molecule has 0 atom stereocenters. The topological polar surface area (TPSA) is 105 Å². The second-order valence-electron chi connectivity index (χ2n) is 8.38. The number of sulfonamides is 1. The first-order chi connectivity index (χ1) is 16.6. The molecule has 0 radical (unpaired) electrons. The molecule has 0 heterocycles. The van der Waals surface area contributed by atoms with Crippen molar-refractivity contribution >= 4 is 33.2 Å². The van der Waals surface area contributed by atoms with Gasteiger partial charge in [0.05, 0.1) is 23.2 Å². The van der Waals surface area contributed by atoms with Crippen molar-refractivity contribution in [3.63, 3.8) is 0 Å². The third kappa shape index (κ3) is 7.58. The minimum atomic E-state index is -3.77. The molecule has 0 aliphatic heterocycles. The molecule has 3 aromatic carbocycles. The lowest BCUT2D eigenvalue weighted by atomic mass is 10.1. The van der Waals surface area contributed by atoms with E-state index in [0.717, 1.165) is 10.6 Å². The predicted octanol–water partition coefficient (Wildman–Crippen LogP) is 4.27. The van der Waals surface area contributed by atoms with Gasteiger partial charge in [-0.2, -0.15) is 0 Å². The predicted molar refractivity (Wildman–Crippen MR) is 137 cm³/mol. The molecule has 0 fully saturated rings. The second kappa shape index (κ2) is 11.5. The molecule has 184 valence electrons. The summed E-state index contributed by atoms with van der Waals surface area (Å²) in [7, 11) is -3.77. The van der Waals surface area contributed by atoms with Crippen LogP contribution >= 0.6 is 0 Å². The molecule has 8 nitrogen and oxygen atoms in total. The largest absolute Gasteiger partial charge is 0.457 e. The Labute approximate surface area is 206 Å². The molecule has 0 aliphatic carbocycles. The second-order valence-corrected chi connectivity index (χ2v) is 10.3. The van der Waals surface area contributed by atoms with Crippen LogP contribution in [0.1, 0.15) is 24.2 Å². The van der Waals surface area contributed by atoms with Crippen LogP contribution < -0.4 is 19.7 Å². The molecule has 0 aromatic heterocycles. The van der Waals surface area contributed by atoms with Crippen molar-refractivity contribution in [2.24, 2.45) is 5.92 Å². The van der Waals surface area contributed by atoms with Crippen molar-refractivity contribution in [1.29, 1.82) is 0 Å². The zero-order chi connectivity index (χ0) is 25.4. The monoisotopic (exact) mass is 495 g/mol. The lowest BCUT2D eigenvalue weighted by Gasteiger charge is -2.22. The van der Waals surface area contributed by atoms with Crippen molar-refractivity contribution in [3.8, 4) is 11.5 Å². The normalized spacial score (nSPS) is 11.1. The van der Waals surface area contributed by atoms with Crippen molar-refractivity contribution in [2.45, 2.75) is 13.8 Å². The molecule has 0 spiro atoms. The summed E-state index contributed by atoms with van der Waals surface area (Å²) >= 11 is 0. The maximum absolute atomic E-state index is 12.8. The van der Waals surface area contributed by atoms with Crippen molar-refractivity contribution < 1.29 is 22.7 Å². The lowest BCUT2D eigenvalue weighted by Crippen LogP contribution is -2.37. The van der Waals surface area contributed by atoms with E-state index in [9.17, 15) is 18.0 Å². The highest BCUT2D eigenvalue weighted by atomic mass is 32.2. The first kappa shape index (κ1) is 25.8. The van der Waals surface area contributed by atoms with Crippen LogP contribution in [-0.2, 0) is 14.8 Å². The van der Waals surface area contributed by atoms with Gasteiger partial charge in [-0.15, -0.1) is 0 Å². The van der Waals surface area contributed by atoms with E-state index in [1.165, 1.54) is 0 Å². The Balaban J connectivity index is 1.73. The molecule has 2 amide bonds. The Bertz CT molecular complexity index is 1260. The average molecular weight is 496 g/mol. The quantitative estimate of drug-likeness (QED) is 0.437. The zero-order valence-corrected chi connectivity index (χ0v) is 20.7. The van der Waals surface area contributed by atoms with Crippen molar-refractivity contribution in [2.75, 3.05) is 29.0 Å². The maximum atomic E-state index is 12.8. The number of amides is 2. The Morgan fingerprint density at radius 1 is 0.886 bits per heavy atom. The number of rotatable bonds is 10. The van der Waals surface area contributed by atoms with Crippen LogP contribution in [0, 0.1) is 5.92 Å². The third-order valence-corrected chi connectivity index (χ3v) is 6.05. The lowest BCUT2D eigenvalue weighted by molar-refractivity contribution is -0.114. The first-order valence-electron chi connectivity index (χ1n) is 11.1. The van der Waals surface area contributed by atoms with Crippen LogP contribution in [0.3, 0.4) is 0 Å². The van der Waals surface area contributed by atoms with Crippen molar-refractivity contribution in [1.82, 2.24) is 5.32 Å². The number of nitrogens with one attached hydrogen (secondary N) is 2. The highest BCUT2D eigenvalue weighted by Gasteiger charge is 2.22. The Hall–Kier alpha value is -3.85. The molecular formula is C26H29N3O5S. The van der Waals surface area contributed by atoms with Crippen LogP contribution in [0.2, 0.25) is 0 Å². The first-order valence-corrected chi connectivity index (χ1v) is 13.0. The highest BCUT2D eigenvalue weighted by Crippen LogP contribution is 2.25. The van der Waals surface area contributed by atoms with E-state index in [1.54, 1.807) is 48.5 Å². The highest BCUT2D eigenvalue weighted by molar-refractivity contribution is 7.92. The summed E-state index contributed by atoms with van der Waals surface area (Å²) in [6.07, 6.45) is 1.03. The van der Waals surface area contributed by atoms with Gasteiger partial charge in [0, 0.05) is 6.54 Å². The summed E-state index contributed by atoms with van der Waals surface area (Å²) in [6, 6.07) is 22.2. The summed E-state index contributed by atoms with van der Waals surface area (Å²) < 4.78 is 31.7. The Morgan fingerprint density at radius 2 is 1.49 bits per heavy atom. The number of hydrogen-bond acceptors (Lipinski definition) is 5. The van der Waals surface area contributed by atoms with Gasteiger partial charge in [0.15, 0.2) is 0 Å². The summed E-state index contributed by atoms with van der Waals surface area (Å²) in [6.45, 7) is 3.99. The molecule has 35 heavy (non-hydrogen) atoms. The number of ether oxygens (including phenoxy) is 1. The number of carbonyl (C=O) groups excluding carboxylic acids is 2. The van der Waals surface area contributed by atoms with Crippen LogP contribution in [0.25, 0.3) is 0 Å². The molecule has 0 bridgehead atoms. The fourth-order valence-corrected chi connectivity index (χ4v) is 4.06. The van der Waals surface area contributed by atoms with Crippen molar-refractivity contribution in [3.05, 3.63) is 84.4 Å². The standard InChI is InChI=1S/C26H29N3O5S/c1-19(2)17-27-26(31)23-11-7-8-12-24(23)28-25(30)18-29(35(3,32)33)20-13-15-22(16-14-20)34-21-9-5-4-6-10-21/h4-16,19H,17-18H2,1-3H3,(H,27,31)(H,28,30). The molecule has 0 saturated heterocycles. The van der Waals surface area contributed by atoms with Gasteiger partial charge < -0.3 is 15.4 Å². The Morgan fingerprint density at radius 3 is 2.11 bits per heavy atom. The fourth-order valence-electron chi connectivity index (χ4n) is 3.21. The molecule has 3 rings (SSSR count). The van der Waals surface area contributed by atoms with Gasteiger partial charge in [0.1, 0.15) is 18.0 Å². The summed E-state index contributed by atoms with van der Waals surface area (Å²) in [5.41, 5.74) is 0.916. The molecule has 0 saturated carbocycles. The van der Waals surface area contributed by atoms with Crippen LogP contribution in [0.4, 0.5) is 11.4 Å². The van der Waals surface area contributed by atoms with Crippen LogP contribution in [-0.4, -0.2) is 39.6 Å². The van der Waals surface area contributed by atoms with E-state index < -0.39 is 22.5 Å². The minimum absolute atomic E-state index is 0.272. The molecule has 0 unspecified atom stereocenters. The number of benzene rings is 3. The number of para-hydroxylation sites is 2. The zero-order valence-electron chi connectivity index (χ0n) is 19.9. The Kier molecular flexibility index (Phi) is 8.48. The van der Waals surface area contributed by atoms with Gasteiger partial charge in [-0.3, -0.25) is 13.9 Å². The van der Waals surface area contributed by atoms with E-state index in [0.29, 0.717) is 35.0 Å². The van der Waals surface area contributed by atoms with Crippen LogP contribution in [0.15, 0.2) is 78.9 Å². The van der Waals surface area contributed by atoms with E-state index in [4.69, 9.17) is 4.74 Å². The van der Waals surface area contributed by atoms with E-state index in [2.05, 4.69) is 10.6 Å². The number of carbonyl (C=O) groups is 2. The van der Waals surface area contributed by atoms with E-state index in [-0.39, 0.29) is 11.8 Å². The summed E-state index contributed by atoms with van der Waals surface area (Å²) in [5.74, 6) is 0.552. The number of nitrogens with zero attached hydrogens (tertiary/aromatic N) is 1. The SMILES string of the molecule is CC(C)CNC(=O)c1ccccc1NC(=O)CN(c1ccc(Oc2ccccc2)cc1)S(C)(=O)=O. The van der Waals surface area contributed by atoms with Gasteiger partial charge >= 0.3 is 0 Å². The number of anilines is 2. The van der Waals surface area contributed by atoms with E-state index in [1.807, 2.05) is 44.2 Å². The van der Waals surface area contributed by atoms with Crippen LogP contribution in [0.5, 0.6) is 11.5 Å². The smallest absolute Gasteiger partial charge is 0.253 e. The molecule has 0 aliphatic rings. The third-order valence-electron chi connectivity index (χ3n) is 4.91. The molecule has 2 N–H and O–H groups in total. The van der Waals surface area contributed by atoms with Gasteiger partial charge in [0.2, 0.25) is 15.9 Å². The number of hydrogen-bond donors (Lipinski definition) is 2. The summed E-state index contributed by atoms with van der Waals surface area (Å²) in [4.78, 5) is 25.4.